The van der Waals surface area contributed by atoms with Crippen molar-refractivity contribution in [3.8, 4) is 0 Å². The number of thioether (sulfide) groups is 1. The monoisotopic (exact) mass is 284 g/mol. The molecule has 0 aliphatic carbocycles. The molecular formula is C15H12N2O2S. The lowest BCUT2D eigenvalue weighted by Gasteiger charge is -2.14. The van der Waals surface area contributed by atoms with Crippen molar-refractivity contribution in [1.29, 1.82) is 0 Å². The van der Waals surface area contributed by atoms with Gasteiger partial charge in [-0.1, -0.05) is 36.0 Å². The third kappa shape index (κ3) is 2.44. The van der Waals surface area contributed by atoms with Gasteiger partial charge in [-0.3, -0.25) is 9.59 Å². The Hall–Kier alpha value is -2.14. The number of amides is 2. The minimum absolute atomic E-state index is 0.158. The Bertz CT molecular complexity index is 631. The number of anilines is 1. The molecule has 2 heterocycles. The van der Waals surface area contributed by atoms with Crippen LogP contribution in [-0.2, 0) is 9.59 Å². The van der Waals surface area contributed by atoms with Gasteiger partial charge in [0, 0.05) is 12.6 Å². The summed E-state index contributed by atoms with van der Waals surface area (Å²) in [6, 6.07) is 14.5. The molecule has 1 atom stereocenters. The Balaban J connectivity index is 1.81. The zero-order valence-corrected chi connectivity index (χ0v) is 11.4. The van der Waals surface area contributed by atoms with Crippen LogP contribution in [0.1, 0.15) is 6.42 Å². The molecule has 1 aliphatic heterocycles. The zero-order chi connectivity index (χ0) is 13.9. The molecule has 1 aliphatic rings. The van der Waals surface area contributed by atoms with Gasteiger partial charge in [-0.25, -0.2) is 9.88 Å². The normalized spacial score (nSPS) is 18.6. The van der Waals surface area contributed by atoms with E-state index in [9.17, 15) is 9.59 Å². The molecule has 2 aromatic rings. The Morgan fingerprint density at radius 2 is 1.80 bits per heavy atom. The number of benzene rings is 1. The number of hydrogen-bond donors (Lipinski definition) is 0. The van der Waals surface area contributed by atoms with Crippen LogP contribution in [0.15, 0.2) is 59.8 Å². The second-order valence-corrected chi connectivity index (χ2v) is 5.60. The van der Waals surface area contributed by atoms with Gasteiger partial charge in [0.15, 0.2) is 0 Å². The van der Waals surface area contributed by atoms with Crippen molar-refractivity contribution < 1.29 is 9.59 Å². The average molecular weight is 284 g/mol. The van der Waals surface area contributed by atoms with Crippen LogP contribution in [0.3, 0.4) is 0 Å². The number of carbonyl (C=O) groups excluding carboxylic acids is 2. The fraction of sp³-hybridized carbons (Fsp3) is 0.133. The number of nitrogens with zero attached hydrogens (tertiary/aromatic N) is 2. The van der Waals surface area contributed by atoms with Crippen LogP contribution in [0.25, 0.3) is 0 Å². The molecule has 0 saturated carbocycles. The summed E-state index contributed by atoms with van der Waals surface area (Å²) < 4.78 is 0. The van der Waals surface area contributed by atoms with Gasteiger partial charge in [-0.2, -0.15) is 0 Å². The molecule has 100 valence electrons. The van der Waals surface area contributed by atoms with E-state index in [1.807, 2.05) is 36.4 Å². The lowest BCUT2D eigenvalue weighted by Crippen LogP contribution is -2.31. The van der Waals surface area contributed by atoms with Crippen LogP contribution in [0.5, 0.6) is 0 Å². The summed E-state index contributed by atoms with van der Waals surface area (Å²) in [6.07, 6.45) is 1.90. The van der Waals surface area contributed by atoms with Crippen molar-refractivity contribution in [3.63, 3.8) is 0 Å². The maximum absolute atomic E-state index is 12.4. The van der Waals surface area contributed by atoms with E-state index >= 15 is 0 Å². The largest absolute Gasteiger partial charge is 0.274 e. The highest BCUT2D eigenvalue weighted by molar-refractivity contribution is 8.00. The van der Waals surface area contributed by atoms with Crippen molar-refractivity contribution in [2.45, 2.75) is 16.7 Å². The molecule has 4 nitrogen and oxygen atoms in total. The summed E-state index contributed by atoms with van der Waals surface area (Å²) in [5, 5.41) is 0.367. The Kier molecular flexibility index (Phi) is 3.52. The second kappa shape index (κ2) is 5.46. The number of carbonyl (C=O) groups is 2. The van der Waals surface area contributed by atoms with E-state index in [0.29, 0.717) is 5.69 Å². The highest BCUT2D eigenvalue weighted by Crippen LogP contribution is 2.32. The molecule has 1 fully saturated rings. The predicted molar refractivity (Wildman–Crippen MR) is 77.4 cm³/mol. The van der Waals surface area contributed by atoms with Crippen LogP contribution >= 0.6 is 11.8 Å². The summed E-state index contributed by atoms with van der Waals surface area (Å²) >= 11 is 1.34. The molecule has 1 aromatic heterocycles. The van der Waals surface area contributed by atoms with E-state index in [1.165, 1.54) is 16.7 Å². The molecule has 3 rings (SSSR count). The number of hydrogen-bond acceptors (Lipinski definition) is 4. The van der Waals surface area contributed by atoms with Gasteiger partial charge in [0.2, 0.25) is 11.8 Å². The summed E-state index contributed by atoms with van der Waals surface area (Å²) in [5.74, 6) is -0.327. The predicted octanol–water partition coefficient (Wildman–Crippen LogP) is 2.51. The number of aromatic nitrogens is 1. The van der Waals surface area contributed by atoms with E-state index < -0.39 is 5.25 Å². The highest BCUT2D eigenvalue weighted by Gasteiger charge is 2.40. The third-order valence-corrected chi connectivity index (χ3v) is 4.16. The lowest BCUT2D eigenvalue weighted by molar-refractivity contribution is -0.121. The SMILES string of the molecule is O=C1C[C@@H](Sc2ccccn2)C(=O)N1c1ccccc1. The van der Waals surface area contributed by atoms with Crippen molar-refractivity contribution in [3.05, 3.63) is 54.7 Å². The maximum Gasteiger partial charge on any atom is 0.247 e. The molecule has 0 unspecified atom stereocenters. The summed E-state index contributed by atoms with van der Waals surface area (Å²) in [5.41, 5.74) is 0.631. The number of para-hydroxylation sites is 1. The second-order valence-electron chi connectivity index (χ2n) is 4.38. The molecule has 2 amide bonds. The van der Waals surface area contributed by atoms with Crippen molar-refractivity contribution in [2.24, 2.45) is 0 Å². The minimum atomic E-state index is -0.391. The molecule has 20 heavy (non-hydrogen) atoms. The first-order valence-electron chi connectivity index (χ1n) is 6.25. The van der Waals surface area contributed by atoms with Gasteiger partial charge in [0.25, 0.3) is 0 Å². The Morgan fingerprint density at radius 1 is 1.05 bits per heavy atom. The summed E-state index contributed by atoms with van der Waals surface area (Å²) in [6.45, 7) is 0. The molecule has 0 radical (unpaired) electrons. The first kappa shape index (κ1) is 12.9. The van der Waals surface area contributed by atoms with Gasteiger partial charge < -0.3 is 0 Å². The maximum atomic E-state index is 12.4. The van der Waals surface area contributed by atoms with Crippen LogP contribution in [0.4, 0.5) is 5.69 Å². The van der Waals surface area contributed by atoms with Gasteiger partial charge >= 0.3 is 0 Å². The van der Waals surface area contributed by atoms with E-state index in [2.05, 4.69) is 4.98 Å². The molecule has 5 heteroatoms. The van der Waals surface area contributed by atoms with E-state index in [0.717, 1.165) is 5.03 Å². The van der Waals surface area contributed by atoms with Gasteiger partial charge in [0.1, 0.15) is 0 Å². The minimum Gasteiger partial charge on any atom is -0.274 e. The standard InChI is InChI=1S/C15H12N2O2S/c18-14-10-12(20-13-8-4-5-9-16-13)15(19)17(14)11-6-2-1-3-7-11/h1-9,12H,10H2/t12-/m1/s1. The Labute approximate surface area is 120 Å². The smallest absolute Gasteiger partial charge is 0.247 e. The quantitative estimate of drug-likeness (QED) is 0.813. The molecule has 1 aromatic carbocycles. The Morgan fingerprint density at radius 3 is 2.50 bits per heavy atom. The first-order valence-corrected chi connectivity index (χ1v) is 7.13. The third-order valence-electron chi connectivity index (χ3n) is 3.02. The van der Waals surface area contributed by atoms with Gasteiger partial charge in [-0.15, -0.1) is 0 Å². The molecule has 0 spiro atoms. The van der Waals surface area contributed by atoms with E-state index in [-0.39, 0.29) is 18.2 Å². The van der Waals surface area contributed by atoms with Crippen LogP contribution in [0.2, 0.25) is 0 Å². The zero-order valence-electron chi connectivity index (χ0n) is 10.6. The molecule has 0 N–H and O–H groups in total. The van der Waals surface area contributed by atoms with E-state index in [4.69, 9.17) is 0 Å². The van der Waals surface area contributed by atoms with Crippen molar-refractivity contribution in [2.75, 3.05) is 4.90 Å². The molecular weight excluding hydrogens is 272 g/mol. The fourth-order valence-electron chi connectivity index (χ4n) is 2.11. The van der Waals surface area contributed by atoms with Gasteiger partial charge in [-0.05, 0) is 24.3 Å². The highest BCUT2D eigenvalue weighted by atomic mass is 32.2. The summed E-state index contributed by atoms with van der Waals surface area (Å²) in [7, 11) is 0. The lowest BCUT2D eigenvalue weighted by atomic mass is 10.3. The number of rotatable bonds is 3. The van der Waals surface area contributed by atoms with Crippen LogP contribution in [-0.4, -0.2) is 22.0 Å². The van der Waals surface area contributed by atoms with Crippen molar-refractivity contribution in [1.82, 2.24) is 4.98 Å². The van der Waals surface area contributed by atoms with Crippen molar-refractivity contribution >= 4 is 29.3 Å². The average Bonchev–Trinajstić information content (AvgIpc) is 2.75. The summed E-state index contributed by atoms with van der Waals surface area (Å²) in [4.78, 5) is 29.9. The topological polar surface area (TPSA) is 50.3 Å². The number of pyridine rings is 1. The molecule has 1 saturated heterocycles. The fourth-order valence-corrected chi connectivity index (χ4v) is 3.11. The van der Waals surface area contributed by atoms with Gasteiger partial charge in [0.05, 0.1) is 16.0 Å². The number of imide groups is 1. The van der Waals surface area contributed by atoms with E-state index in [1.54, 1.807) is 18.3 Å². The van der Waals surface area contributed by atoms with Crippen LogP contribution in [0, 0.1) is 0 Å². The van der Waals surface area contributed by atoms with Crippen LogP contribution < -0.4 is 4.90 Å². The first-order chi connectivity index (χ1) is 9.75. The molecule has 0 bridgehead atoms.